The van der Waals surface area contributed by atoms with Crippen LogP contribution in [0.15, 0.2) is 18.2 Å². The first kappa shape index (κ1) is 26.8. The Morgan fingerprint density at radius 3 is 2.72 bits per heavy atom. The average molecular weight is 546 g/mol. The lowest BCUT2D eigenvalue weighted by atomic mass is 9.74. The number of rotatable bonds is 5. The molecule has 0 N–H and O–H groups in total. The van der Waals surface area contributed by atoms with Crippen LogP contribution in [0.25, 0.3) is 0 Å². The number of benzene rings is 1. The number of amides is 2. The highest BCUT2D eigenvalue weighted by molar-refractivity contribution is 5.91. The zero-order chi connectivity index (χ0) is 27.0. The van der Waals surface area contributed by atoms with E-state index >= 15 is 0 Å². The number of anilines is 1. The van der Waals surface area contributed by atoms with E-state index in [9.17, 15) is 14.0 Å². The van der Waals surface area contributed by atoms with Gasteiger partial charge in [0, 0.05) is 44.1 Å². The van der Waals surface area contributed by atoms with Crippen LogP contribution in [0, 0.1) is 11.7 Å². The average Bonchev–Trinajstić information content (AvgIpc) is 3.68. The molecule has 1 spiro atoms. The van der Waals surface area contributed by atoms with Crippen LogP contribution in [0.4, 0.5) is 19.7 Å². The summed E-state index contributed by atoms with van der Waals surface area (Å²) in [5.41, 5.74) is 1.38. The number of carbonyl (C=O) groups excluding carboxylic acids is 2. The van der Waals surface area contributed by atoms with Crippen molar-refractivity contribution in [2.24, 2.45) is 5.92 Å². The second-order valence-electron chi connectivity index (χ2n) is 11.8. The molecular formula is C29H40FN3O6. The van der Waals surface area contributed by atoms with Gasteiger partial charge in [-0.2, -0.15) is 0 Å². The lowest BCUT2D eigenvalue weighted by Crippen LogP contribution is -2.49. The normalized spacial score (nSPS) is 29.9. The van der Waals surface area contributed by atoms with E-state index in [2.05, 4.69) is 4.90 Å². The summed E-state index contributed by atoms with van der Waals surface area (Å²) < 4.78 is 36.0. The number of carbonyl (C=O) groups is 2. The Bertz CT molecular complexity index is 1060. The quantitative estimate of drug-likeness (QED) is 0.519. The van der Waals surface area contributed by atoms with Crippen molar-refractivity contribution in [3.63, 3.8) is 0 Å². The number of hydrogen-bond donors (Lipinski definition) is 0. The summed E-state index contributed by atoms with van der Waals surface area (Å²) in [7, 11) is 1.57. The Morgan fingerprint density at radius 1 is 1.10 bits per heavy atom. The van der Waals surface area contributed by atoms with Crippen LogP contribution in [0.5, 0.6) is 0 Å². The van der Waals surface area contributed by atoms with Crippen LogP contribution in [0.1, 0.15) is 50.5 Å². The van der Waals surface area contributed by atoms with E-state index in [1.165, 1.54) is 6.07 Å². The van der Waals surface area contributed by atoms with Gasteiger partial charge in [-0.15, -0.1) is 0 Å². The highest BCUT2D eigenvalue weighted by Gasteiger charge is 2.50. The molecule has 1 saturated carbocycles. The van der Waals surface area contributed by atoms with E-state index in [4.69, 9.17) is 18.9 Å². The first-order chi connectivity index (χ1) is 19.0. The summed E-state index contributed by atoms with van der Waals surface area (Å²) in [6, 6.07) is 5.38. The number of ether oxygens (including phenoxy) is 4. The SMILES string of the molecule is COCCOC(=O)N1CC2(CCN(C3CC4CCCN(C(=O)O[C@@H]5CCOC5)C4C3)CC2)c2cc(F)ccc21. The molecular weight excluding hydrogens is 505 g/mol. The number of likely N-dealkylation sites (tertiary alicyclic amines) is 2. The second-order valence-corrected chi connectivity index (χ2v) is 11.8. The fraction of sp³-hybridized carbons (Fsp3) is 0.724. The van der Waals surface area contributed by atoms with Crippen molar-refractivity contribution < 1.29 is 32.9 Å². The summed E-state index contributed by atoms with van der Waals surface area (Å²) in [5, 5.41) is 0. The predicted octanol–water partition coefficient (Wildman–Crippen LogP) is 3.93. The summed E-state index contributed by atoms with van der Waals surface area (Å²) >= 11 is 0. The zero-order valence-corrected chi connectivity index (χ0v) is 22.8. The van der Waals surface area contributed by atoms with Gasteiger partial charge in [0.1, 0.15) is 18.5 Å². The Hall–Kier alpha value is -2.43. The number of piperidine rings is 2. The lowest BCUT2D eigenvalue weighted by molar-refractivity contribution is 0.0286. The van der Waals surface area contributed by atoms with Gasteiger partial charge in [-0.1, -0.05) is 0 Å². The third-order valence-electron chi connectivity index (χ3n) is 9.68. The van der Waals surface area contributed by atoms with Crippen molar-refractivity contribution in [1.82, 2.24) is 9.80 Å². The van der Waals surface area contributed by atoms with Crippen molar-refractivity contribution in [3.8, 4) is 0 Å². The minimum Gasteiger partial charge on any atom is -0.447 e. The van der Waals surface area contributed by atoms with Crippen LogP contribution in [-0.4, -0.2) is 99.9 Å². The molecule has 5 aliphatic rings. The number of fused-ring (bicyclic) bond motifs is 3. The maximum Gasteiger partial charge on any atom is 0.414 e. The molecule has 9 nitrogen and oxygen atoms in total. The van der Waals surface area contributed by atoms with Crippen molar-refractivity contribution in [2.75, 3.05) is 64.6 Å². The standard InChI is InChI=1S/C29H40FN3O6/c1-36-13-14-38-27(34)33-19-29(24-16-21(30)4-5-25(24)33)7-10-31(11-8-29)22-15-20-3-2-9-32(26(20)17-22)28(35)39-23-6-12-37-18-23/h4-5,16,20,22-23,26H,2-3,6-15,17-19H2,1H3/t20?,22?,23-,26?/m1/s1. The van der Waals surface area contributed by atoms with Crippen LogP contribution in [0.3, 0.4) is 0 Å². The summed E-state index contributed by atoms with van der Waals surface area (Å²) in [4.78, 5) is 32.1. The monoisotopic (exact) mass is 545 g/mol. The molecule has 2 amide bonds. The molecule has 1 aliphatic carbocycles. The molecule has 4 aliphatic heterocycles. The molecule has 3 saturated heterocycles. The topological polar surface area (TPSA) is 80.8 Å². The molecule has 3 unspecified atom stereocenters. The number of halogens is 1. The molecule has 1 aromatic rings. The Kier molecular flexibility index (Phi) is 7.70. The third kappa shape index (κ3) is 5.23. The minimum atomic E-state index is -0.407. The van der Waals surface area contributed by atoms with Crippen molar-refractivity contribution in [3.05, 3.63) is 29.6 Å². The highest BCUT2D eigenvalue weighted by atomic mass is 19.1. The highest BCUT2D eigenvalue weighted by Crippen LogP contribution is 2.49. The number of nitrogens with zero attached hydrogens (tertiary/aromatic N) is 3. The Morgan fingerprint density at radius 2 is 1.95 bits per heavy atom. The van der Waals surface area contributed by atoms with Gasteiger partial charge in [-0.3, -0.25) is 4.90 Å². The maximum absolute atomic E-state index is 14.4. The largest absolute Gasteiger partial charge is 0.447 e. The van der Waals surface area contributed by atoms with E-state index in [-0.39, 0.29) is 36.1 Å². The van der Waals surface area contributed by atoms with Crippen molar-refractivity contribution >= 4 is 17.9 Å². The van der Waals surface area contributed by atoms with Gasteiger partial charge in [0.15, 0.2) is 0 Å². The third-order valence-corrected chi connectivity index (χ3v) is 9.68. The van der Waals surface area contributed by atoms with E-state index in [0.717, 1.165) is 75.8 Å². The molecule has 0 radical (unpaired) electrons. The van der Waals surface area contributed by atoms with Gasteiger partial charge in [-0.25, -0.2) is 14.0 Å². The fourth-order valence-corrected chi connectivity index (χ4v) is 7.64. The van der Waals surface area contributed by atoms with Gasteiger partial charge < -0.3 is 28.7 Å². The minimum absolute atomic E-state index is 0.121. The van der Waals surface area contributed by atoms with Gasteiger partial charge in [0.25, 0.3) is 0 Å². The first-order valence-electron chi connectivity index (χ1n) is 14.5. The molecule has 6 rings (SSSR count). The summed E-state index contributed by atoms with van der Waals surface area (Å²) in [5.74, 6) is 0.229. The van der Waals surface area contributed by atoms with E-state index in [1.807, 2.05) is 4.90 Å². The number of hydrogen-bond acceptors (Lipinski definition) is 7. The molecule has 0 aromatic heterocycles. The van der Waals surface area contributed by atoms with E-state index in [0.29, 0.717) is 38.3 Å². The van der Waals surface area contributed by atoms with Gasteiger partial charge in [0.2, 0.25) is 0 Å². The van der Waals surface area contributed by atoms with E-state index < -0.39 is 6.09 Å². The second kappa shape index (κ2) is 11.2. The lowest BCUT2D eigenvalue weighted by Gasteiger charge is -2.42. The molecule has 0 bridgehead atoms. The molecule has 4 fully saturated rings. The van der Waals surface area contributed by atoms with E-state index in [1.54, 1.807) is 24.1 Å². The van der Waals surface area contributed by atoms with Crippen molar-refractivity contribution in [1.29, 1.82) is 0 Å². The van der Waals surface area contributed by atoms with Crippen LogP contribution in [0.2, 0.25) is 0 Å². The van der Waals surface area contributed by atoms with Gasteiger partial charge in [-0.05, 0) is 81.3 Å². The van der Waals surface area contributed by atoms with Crippen molar-refractivity contribution in [2.45, 2.75) is 68.5 Å². The molecule has 10 heteroatoms. The molecule has 39 heavy (non-hydrogen) atoms. The van der Waals surface area contributed by atoms with Gasteiger partial charge in [0.05, 0.1) is 25.5 Å². The Labute approximate surface area is 229 Å². The number of methoxy groups -OCH3 is 1. The maximum atomic E-state index is 14.4. The summed E-state index contributed by atoms with van der Waals surface area (Å²) in [6.07, 6.45) is 6.01. The Balaban J connectivity index is 1.10. The molecule has 4 atom stereocenters. The summed E-state index contributed by atoms with van der Waals surface area (Å²) in [6.45, 7) is 4.73. The zero-order valence-electron chi connectivity index (χ0n) is 22.8. The first-order valence-corrected chi connectivity index (χ1v) is 14.5. The fourth-order valence-electron chi connectivity index (χ4n) is 7.64. The van der Waals surface area contributed by atoms with Crippen LogP contribution >= 0.6 is 0 Å². The van der Waals surface area contributed by atoms with Gasteiger partial charge >= 0.3 is 12.2 Å². The molecule has 4 heterocycles. The van der Waals surface area contributed by atoms with Crippen LogP contribution in [-0.2, 0) is 24.4 Å². The smallest absolute Gasteiger partial charge is 0.414 e. The van der Waals surface area contributed by atoms with Crippen LogP contribution < -0.4 is 4.90 Å². The molecule has 214 valence electrons. The predicted molar refractivity (Wildman–Crippen MR) is 141 cm³/mol. The molecule has 1 aromatic carbocycles.